The third kappa shape index (κ3) is 3.79. The molecule has 120 valence electrons. The summed E-state index contributed by atoms with van der Waals surface area (Å²) < 4.78 is 31.9. The molecular formula is C15H18F2N2O3. The van der Waals surface area contributed by atoms with E-state index in [9.17, 15) is 18.4 Å². The minimum atomic E-state index is -0.930. The van der Waals surface area contributed by atoms with Gasteiger partial charge in [-0.15, -0.1) is 0 Å². The van der Waals surface area contributed by atoms with E-state index in [-0.39, 0.29) is 31.0 Å². The van der Waals surface area contributed by atoms with Gasteiger partial charge in [-0.05, 0) is 13.0 Å². The summed E-state index contributed by atoms with van der Waals surface area (Å²) in [5.74, 6) is -2.66. The Morgan fingerprint density at radius 2 is 2.23 bits per heavy atom. The van der Waals surface area contributed by atoms with Gasteiger partial charge >= 0.3 is 5.97 Å². The zero-order chi connectivity index (χ0) is 16.1. The van der Waals surface area contributed by atoms with Gasteiger partial charge in [0, 0.05) is 25.2 Å². The van der Waals surface area contributed by atoms with Gasteiger partial charge in [0.2, 0.25) is 5.91 Å². The quantitative estimate of drug-likeness (QED) is 0.831. The van der Waals surface area contributed by atoms with Gasteiger partial charge < -0.3 is 10.1 Å². The Morgan fingerprint density at radius 3 is 2.95 bits per heavy atom. The van der Waals surface area contributed by atoms with Crippen LogP contribution >= 0.6 is 0 Å². The second kappa shape index (κ2) is 7.31. The molecule has 22 heavy (non-hydrogen) atoms. The van der Waals surface area contributed by atoms with E-state index < -0.39 is 23.6 Å². The molecular weight excluding hydrogens is 294 g/mol. The molecule has 5 nitrogen and oxygen atoms in total. The highest BCUT2D eigenvalue weighted by Gasteiger charge is 2.32. The summed E-state index contributed by atoms with van der Waals surface area (Å²) in [6.45, 7) is 2.81. The summed E-state index contributed by atoms with van der Waals surface area (Å²) in [5.41, 5.74) is 0.156. The number of ether oxygens (including phenoxy) is 1. The molecule has 1 fully saturated rings. The number of hydrogen-bond acceptors (Lipinski definition) is 4. The predicted molar refractivity (Wildman–Crippen MR) is 74.8 cm³/mol. The number of carbonyl (C=O) groups is 2. The van der Waals surface area contributed by atoms with E-state index in [1.165, 1.54) is 12.1 Å². The first-order chi connectivity index (χ1) is 10.5. The van der Waals surface area contributed by atoms with Crippen LogP contribution in [0.4, 0.5) is 8.78 Å². The van der Waals surface area contributed by atoms with Gasteiger partial charge in [-0.1, -0.05) is 12.1 Å². The molecule has 0 radical (unpaired) electrons. The third-order valence-corrected chi connectivity index (χ3v) is 3.51. The van der Waals surface area contributed by atoms with Crippen LogP contribution in [0.15, 0.2) is 18.2 Å². The Balaban J connectivity index is 2.13. The average Bonchev–Trinajstić information content (AvgIpc) is 2.48. The van der Waals surface area contributed by atoms with Crippen molar-refractivity contribution in [3.8, 4) is 0 Å². The van der Waals surface area contributed by atoms with Gasteiger partial charge in [0.1, 0.15) is 6.04 Å². The second-order valence-electron chi connectivity index (χ2n) is 5.00. The standard InChI is InChI=1S/C15H18F2N2O3/c1-2-22-13(20)8-12-15(21)18-6-7-19(12)9-10-4-3-5-11(16)14(10)17/h3-5,12H,2,6-9H2,1H3,(H,18,21)/t12-/m0/s1. The largest absolute Gasteiger partial charge is 0.466 e. The molecule has 1 saturated heterocycles. The van der Waals surface area contributed by atoms with Crippen LogP contribution < -0.4 is 5.32 Å². The number of carbonyl (C=O) groups excluding carboxylic acids is 2. The lowest BCUT2D eigenvalue weighted by Crippen LogP contribution is -2.55. The molecule has 0 unspecified atom stereocenters. The Labute approximate surface area is 127 Å². The topological polar surface area (TPSA) is 58.6 Å². The molecule has 1 atom stereocenters. The van der Waals surface area contributed by atoms with Crippen LogP contribution in [0.3, 0.4) is 0 Å². The normalized spacial score (nSPS) is 18.9. The van der Waals surface area contributed by atoms with Crippen LogP contribution in [0.25, 0.3) is 0 Å². The van der Waals surface area contributed by atoms with Crippen molar-refractivity contribution in [1.82, 2.24) is 10.2 Å². The molecule has 0 aromatic heterocycles. The Hall–Kier alpha value is -2.02. The van der Waals surface area contributed by atoms with E-state index in [2.05, 4.69) is 5.32 Å². The average molecular weight is 312 g/mol. The lowest BCUT2D eigenvalue weighted by molar-refractivity contribution is -0.148. The summed E-state index contributed by atoms with van der Waals surface area (Å²) in [4.78, 5) is 25.2. The highest BCUT2D eigenvalue weighted by Crippen LogP contribution is 2.18. The van der Waals surface area contributed by atoms with Crippen LogP contribution in [0.1, 0.15) is 18.9 Å². The maximum absolute atomic E-state index is 13.8. The number of halogens is 2. The SMILES string of the molecule is CCOC(=O)C[C@H]1C(=O)NCCN1Cc1cccc(F)c1F. The van der Waals surface area contributed by atoms with Crippen LogP contribution in [-0.4, -0.2) is 42.5 Å². The molecule has 1 aromatic carbocycles. The molecule has 1 aliphatic heterocycles. The zero-order valence-corrected chi connectivity index (χ0v) is 12.3. The van der Waals surface area contributed by atoms with Crippen molar-refractivity contribution in [3.63, 3.8) is 0 Å². The molecule has 0 saturated carbocycles. The van der Waals surface area contributed by atoms with Crippen molar-refractivity contribution in [1.29, 1.82) is 0 Å². The summed E-state index contributed by atoms with van der Waals surface area (Å²) >= 11 is 0. The van der Waals surface area contributed by atoms with Crippen LogP contribution in [0, 0.1) is 11.6 Å². The van der Waals surface area contributed by atoms with Gasteiger partial charge in [0.15, 0.2) is 11.6 Å². The number of piperazine rings is 1. The number of nitrogens with one attached hydrogen (secondary N) is 1. The molecule has 1 aliphatic rings. The van der Waals surface area contributed by atoms with Gasteiger partial charge in [-0.2, -0.15) is 0 Å². The van der Waals surface area contributed by atoms with Crippen LogP contribution in [0.5, 0.6) is 0 Å². The lowest BCUT2D eigenvalue weighted by atomic mass is 10.1. The zero-order valence-electron chi connectivity index (χ0n) is 12.3. The van der Waals surface area contributed by atoms with Crippen molar-refractivity contribution in [2.75, 3.05) is 19.7 Å². The monoisotopic (exact) mass is 312 g/mol. The maximum atomic E-state index is 13.8. The van der Waals surface area contributed by atoms with E-state index in [0.29, 0.717) is 13.1 Å². The maximum Gasteiger partial charge on any atom is 0.307 e. The van der Waals surface area contributed by atoms with Gasteiger partial charge in [0.25, 0.3) is 0 Å². The molecule has 0 bridgehead atoms. The molecule has 2 rings (SSSR count). The molecule has 1 N–H and O–H groups in total. The minimum Gasteiger partial charge on any atom is -0.466 e. The molecule has 1 aromatic rings. The van der Waals surface area contributed by atoms with E-state index >= 15 is 0 Å². The molecule has 7 heteroatoms. The fraction of sp³-hybridized carbons (Fsp3) is 0.467. The van der Waals surface area contributed by atoms with Crippen LogP contribution in [0.2, 0.25) is 0 Å². The van der Waals surface area contributed by atoms with Crippen molar-refractivity contribution in [3.05, 3.63) is 35.4 Å². The smallest absolute Gasteiger partial charge is 0.307 e. The van der Waals surface area contributed by atoms with E-state index in [4.69, 9.17) is 4.74 Å². The Kier molecular flexibility index (Phi) is 5.43. The first-order valence-corrected chi connectivity index (χ1v) is 7.13. The Morgan fingerprint density at radius 1 is 1.45 bits per heavy atom. The summed E-state index contributed by atoms with van der Waals surface area (Å²) in [6.07, 6.45) is -0.114. The molecule has 1 heterocycles. The number of rotatable bonds is 5. The van der Waals surface area contributed by atoms with Gasteiger partial charge in [0.05, 0.1) is 13.0 Å². The van der Waals surface area contributed by atoms with E-state index in [1.807, 2.05) is 0 Å². The fourth-order valence-electron chi connectivity index (χ4n) is 2.44. The van der Waals surface area contributed by atoms with Crippen LogP contribution in [-0.2, 0) is 20.9 Å². The number of amides is 1. The van der Waals surface area contributed by atoms with E-state index in [1.54, 1.807) is 11.8 Å². The predicted octanol–water partition coefficient (Wildman–Crippen LogP) is 1.22. The lowest BCUT2D eigenvalue weighted by Gasteiger charge is -2.34. The summed E-state index contributed by atoms with van der Waals surface area (Å²) in [5, 5.41) is 2.67. The van der Waals surface area contributed by atoms with Gasteiger partial charge in [-0.3, -0.25) is 14.5 Å². The second-order valence-corrected chi connectivity index (χ2v) is 5.00. The molecule has 0 spiro atoms. The van der Waals surface area contributed by atoms with Crippen molar-refractivity contribution in [2.24, 2.45) is 0 Å². The minimum absolute atomic E-state index is 0.0566. The number of nitrogens with zero attached hydrogens (tertiary/aromatic N) is 1. The fourth-order valence-corrected chi connectivity index (χ4v) is 2.44. The first kappa shape index (κ1) is 16.4. The highest BCUT2D eigenvalue weighted by atomic mass is 19.2. The summed E-state index contributed by atoms with van der Waals surface area (Å²) in [6, 6.07) is 3.18. The third-order valence-electron chi connectivity index (χ3n) is 3.51. The number of hydrogen-bond donors (Lipinski definition) is 1. The summed E-state index contributed by atoms with van der Waals surface area (Å²) in [7, 11) is 0. The number of benzene rings is 1. The van der Waals surface area contributed by atoms with Crippen molar-refractivity contribution >= 4 is 11.9 Å². The molecule has 0 aliphatic carbocycles. The van der Waals surface area contributed by atoms with Crippen molar-refractivity contribution < 1.29 is 23.1 Å². The molecule has 1 amide bonds. The van der Waals surface area contributed by atoms with Crippen molar-refractivity contribution in [2.45, 2.75) is 25.9 Å². The highest BCUT2D eigenvalue weighted by molar-refractivity contribution is 5.87. The van der Waals surface area contributed by atoms with E-state index in [0.717, 1.165) is 6.07 Å². The Bertz CT molecular complexity index is 566. The van der Waals surface area contributed by atoms with Gasteiger partial charge in [-0.25, -0.2) is 8.78 Å². The number of esters is 1. The first-order valence-electron chi connectivity index (χ1n) is 7.13.